The zero-order valence-corrected chi connectivity index (χ0v) is 12.7. The van der Waals surface area contributed by atoms with Crippen LogP contribution in [0.5, 0.6) is 11.5 Å². The molecule has 1 aromatic rings. The number of nitrogens with one attached hydrogen (secondary N) is 1. The van der Waals surface area contributed by atoms with Crippen molar-refractivity contribution < 1.29 is 23.8 Å². The maximum atomic E-state index is 12.0. The molecule has 21 heavy (non-hydrogen) atoms. The Morgan fingerprint density at radius 1 is 1.38 bits per heavy atom. The number of ether oxygens (including phenoxy) is 3. The van der Waals surface area contributed by atoms with E-state index in [9.17, 15) is 9.59 Å². The summed E-state index contributed by atoms with van der Waals surface area (Å²) in [5.41, 5.74) is 0.657. The van der Waals surface area contributed by atoms with Gasteiger partial charge in [-0.1, -0.05) is 0 Å². The summed E-state index contributed by atoms with van der Waals surface area (Å²) in [4.78, 5) is 23.0. The molecule has 0 aromatic heterocycles. The van der Waals surface area contributed by atoms with E-state index in [0.29, 0.717) is 29.4 Å². The Bertz CT molecular complexity index is 534. The van der Waals surface area contributed by atoms with Gasteiger partial charge in [-0.3, -0.25) is 9.59 Å². The van der Waals surface area contributed by atoms with Crippen molar-refractivity contribution in [2.75, 3.05) is 25.0 Å². The Balaban J connectivity index is 1.82. The zero-order valence-electron chi connectivity index (χ0n) is 11.9. The lowest BCUT2D eigenvalue weighted by Crippen LogP contribution is -2.23. The highest BCUT2D eigenvalue weighted by Gasteiger charge is 2.17. The maximum Gasteiger partial charge on any atom is 0.306 e. The molecular formula is C14H17NO5S. The van der Waals surface area contributed by atoms with Gasteiger partial charge in [0, 0.05) is 17.5 Å². The number of esters is 1. The van der Waals surface area contributed by atoms with Crippen LogP contribution in [0.1, 0.15) is 13.3 Å². The van der Waals surface area contributed by atoms with Crippen molar-refractivity contribution in [2.24, 2.45) is 0 Å². The lowest BCUT2D eigenvalue weighted by Gasteiger charge is -2.12. The van der Waals surface area contributed by atoms with Gasteiger partial charge in [0.05, 0.1) is 18.8 Å². The molecule has 0 saturated carbocycles. The van der Waals surface area contributed by atoms with Crippen molar-refractivity contribution in [3.63, 3.8) is 0 Å². The first kappa shape index (κ1) is 15.5. The van der Waals surface area contributed by atoms with Crippen LogP contribution in [0.2, 0.25) is 0 Å². The molecule has 6 nitrogen and oxygen atoms in total. The van der Waals surface area contributed by atoms with Crippen LogP contribution in [-0.4, -0.2) is 36.8 Å². The first-order chi connectivity index (χ1) is 10.1. The summed E-state index contributed by atoms with van der Waals surface area (Å²) < 4.78 is 15.0. The molecule has 0 saturated heterocycles. The largest absolute Gasteiger partial charge is 0.469 e. The van der Waals surface area contributed by atoms with Crippen molar-refractivity contribution in [1.29, 1.82) is 0 Å². The van der Waals surface area contributed by atoms with Gasteiger partial charge in [-0.2, -0.15) is 0 Å². The van der Waals surface area contributed by atoms with E-state index < -0.39 is 0 Å². The number of anilines is 1. The van der Waals surface area contributed by atoms with Gasteiger partial charge < -0.3 is 19.5 Å². The summed E-state index contributed by atoms with van der Waals surface area (Å²) >= 11 is 1.40. The molecule has 1 amide bonds. The number of hydrogen-bond donors (Lipinski definition) is 1. The third-order valence-corrected chi connectivity index (χ3v) is 4.06. The number of benzene rings is 1. The number of hydrogen-bond acceptors (Lipinski definition) is 6. The molecule has 0 fully saturated rings. The van der Waals surface area contributed by atoms with Gasteiger partial charge >= 0.3 is 5.97 Å². The molecule has 1 N–H and O–H groups in total. The molecule has 0 radical (unpaired) electrons. The Morgan fingerprint density at radius 3 is 2.90 bits per heavy atom. The van der Waals surface area contributed by atoms with E-state index in [1.165, 1.54) is 18.9 Å². The molecule has 0 aliphatic carbocycles. The van der Waals surface area contributed by atoms with E-state index in [0.717, 1.165) is 0 Å². The number of rotatable bonds is 6. The van der Waals surface area contributed by atoms with Crippen LogP contribution < -0.4 is 14.8 Å². The molecule has 114 valence electrons. The second-order valence-electron chi connectivity index (χ2n) is 4.40. The second kappa shape index (κ2) is 7.21. The monoisotopic (exact) mass is 311 g/mol. The van der Waals surface area contributed by atoms with Crippen LogP contribution in [0.15, 0.2) is 18.2 Å². The number of carbonyl (C=O) groups excluding carboxylic acids is 2. The van der Waals surface area contributed by atoms with E-state index in [1.54, 1.807) is 25.1 Å². The predicted molar refractivity (Wildman–Crippen MR) is 79.7 cm³/mol. The Labute approximate surface area is 127 Å². The predicted octanol–water partition coefficient (Wildman–Crippen LogP) is 2.04. The van der Waals surface area contributed by atoms with Gasteiger partial charge in [0.25, 0.3) is 0 Å². The third-order valence-electron chi connectivity index (χ3n) is 2.91. The van der Waals surface area contributed by atoms with E-state index >= 15 is 0 Å². The molecule has 7 heteroatoms. The summed E-state index contributed by atoms with van der Waals surface area (Å²) in [6, 6.07) is 5.25. The molecular weight excluding hydrogens is 294 g/mol. The maximum absolute atomic E-state index is 12.0. The lowest BCUT2D eigenvalue weighted by molar-refractivity contribution is -0.140. The van der Waals surface area contributed by atoms with Crippen molar-refractivity contribution >= 4 is 29.3 Å². The van der Waals surface area contributed by atoms with Gasteiger partial charge in [-0.25, -0.2) is 0 Å². The molecule has 1 aliphatic rings. The normalized spacial score (nSPS) is 13.6. The first-order valence-corrected chi connectivity index (χ1v) is 7.54. The highest BCUT2D eigenvalue weighted by Crippen LogP contribution is 2.34. The van der Waals surface area contributed by atoms with E-state index in [1.807, 2.05) is 0 Å². The molecule has 0 unspecified atom stereocenters. The topological polar surface area (TPSA) is 73.9 Å². The fourth-order valence-electron chi connectivity index (χ4n) is 1.71. The quantitative estimate of drug-likeness (QED) is 0.810. The highest BCUT2D eigenvalue weighted by atomic mass is 32.2. The van der Waals surface area contributed by atoms with E-state index in [4.69, 9.17) is 9.47 Å². The summed E-state index contributed by atoms with van der Waals surface area (Å²) in [5.74, 6) is 1.45. The van der Waals surface area contributed by atoms with Crippen LogP contribution in [0.25, 0.3) is 0 Å². The summed E-state index contributed by atoms with van der Waals surface area (Å²) in [6.45, 7) is 2.00. The van der Waals surface area contributed by atoms with Crippen molar-refractivity contribution in [1.82, 2.24) is 0 Å². The molecule has 1 aromatic carbocycles. The number of thioether (sulfide) groups is 1. The minimum absolute atomic E-state index is 0.122. The highest BCUT2D eigenvalue weighted by molar-refractivity contribution is 8.00. The average molecular weight is 311 g/mol. The number of carbonyl (C=O) groups is 2. The van der Waals surface area contributed by atoms with Crippen LogP contribution in [-0.2, 0) is 14.3 Å². The molecule has 1 aliphatic heterocycles. The van der Waals surface area contributed by atoms with Crippen LogP contribution in [0.4, 0.5) is 5.69 Å². The van der Waals surface area contributed by atoms with Crippen LogP contribution in [0, 0.1) is 0 Å². The summed E-state index contributed by atoms with van der Waals surface area (Å²) in [6.07, 6.45) is 0.294. The fourth-order valence-corrected chi connectivity index (χ4v) is 2.56. The molecule has 0 spiro atoms. The van der Waals surface area contributed by atoms with Gasteiger partial charge in [0.1, 0.15) is 0 Å². The second-order valence-corrected chi connectivity index (χ2v) is 5.85. The Kier molecular flexibility index (Phi) is 5.32. The molecule has 0 bridgehead atoms. The van der Waals surface area contributed by atoms with Crippen LogP contribution >= 0.6 is 11.8 Å². The SMILES string of the molecule is COC(=O)CCS[C@@H](C)C(=O)Nc1ccc2c(c1)OCO2. The van der Waals surface area contributed by atoms with Gasteiger partial charge in [-0.15, -0.1) is 11.8 Å². The van der Waals surface area contributed by atoms with Gasteiger partial charge in [-0.05, 0) is 19.1 Å². The van der Waals surface area contributed by atoms with E-state index in [2.05, 4.69) is 10.1 Å². The average Bonchev–Trinajstić information content (AvgIpc) is 2.94. The summed E-state index contributed by atoms with van der Waals surface area (Å²) in [5, 5.41) is 2.55. The number of fused-ring (bicyclic) bond motifs is 1. The lowest BCUT2D eigenvalue weighted by atomic mass is 10.2. The minimum Gasteiger partial charge on any atom is -0.469 e. The smallest absolute Gasteiger partial charge is 0.306 e. The standard InChI is InChI=1S/C14H17NO5S/c1-9(21-6-5-13(16)18-2)14(17)15-10-3-4-11-12(7-10)20-8-19-11/h3-4,7,9H,5-6,8H2,1-2H3,(H,15,17)/t9-/m0/s1. The molecule has 2 rings (SSSR count). The number of amides is 1. The molecule has 1 atom stereocenters. The van der Waals surface area contributed by atoms with Crippen molar-refractivity contribution in [3.05, 3.63) is 18.2 Å². The van der Waals surface area contributed by atoms with Gasteiger partial charge in [0.2, 0.25) is 12.7 Å². The minimum atomic E-state index is -0.272. The first-order valence-electron chi connectivity index (χ1n) is 6.49. The van der Waals surface area contributed by atoms with E-state index in [-0.39, 0.29) is 23.9 Å². The Hall–Kier alpha value is -1.89. The number of methoxy groups -OCH3 is 1. The fraction of sp³-hybridized carbons (Fsp3) is 0.429. The summed E-state index contributed by atoms with van der Waals surface area (Å²) in [7, 11) is 1.35. The van der Waals surface area contributed by atoms with Crippen molar-refractivity contribution in [2.45, 2.75) is 18.6 Å². The third kappa shape index (κ3) is 4.29. The molecule has 1 heterocycles. The van der Waals surface area contributed by atoms with Crippen molar-refractivity contribution in [3.8, 4) is 11.5 Å². The van der Waals surface area contributed by atoms with Crippen LogP contribution in [0.3, 0.4) is 0 Å². The van der Waals surface area contributed by atoms with Gasteiger partial charge in [0.15, 0.2) is 11.5 Å². The Morgan fingerprint density at radius 2 is 2.14 bits per heavy atom. The zero-order chi connectivity index (χ0) is 15.2.